The highest BCUT2D eigenvalue weighted by Gasteiger charge is 2.04. The molecule has 0 aliphatic carbocycles. The number of nitrogens with zero attached hydrogens (tertiary/aromatic N) is 1. The summed E-state index contributed by atoms with van der Waals surface area (Å²) in [7, 11) is 1.97. The van der Waals surface area contributed by atoms with Gasteiger partial charge in [-0.2, -0.15) is 0 Å². The molecular formula is C10H11NO. The Hall–Kier alpha value is -1.44. The Balaban J connectivity index is 2.93. The zero-order chi connectivity index (χ0) is 8.72. The van der Waals surface area contributed by atoms with Gasteiger partial charge in [0.15, 0.2) is 0 Å². The van der Waals surface area contributed by atoms with Crippen molar-refractivity contribution in [3.63, 3.8) is 0 Å². The third-order valence-corrected chi connectivity index (χ3v) is 2.24. The summed E-state index contributed by atoms with van der Waals surface area (Å²) >= 11 is 0. The molecule has 62 valence electrons. The maximum absolute atomic E-state index is 9.66. The van der Waals surface area contributed by atoms with Gasteiger partial charge < -0.3 is 9.67 Å². The molecule has 0 radical (unpaired) electrons. The van der Waals surface area contributed by atoms with Crippen LogP contribution in [-0.4, -0.2) is 9.67 Å². The first-order valence-corrected chi connectivity index (χ1v) is 3.94. The van der Waals surface area contributed by atoms with Crippen molar-refractivity contribution in [2.75, 3.05) is 0 Å². The summed E-state index contributed by atoms with van der Waals surface area (Å²) in [5.74, 6) is 0.396. The van der Waals surface area contributed by atoms with Gasteiger partial charge in [-0.1, -0.05) is 6.07 Å². The van der Waals surface area contributed by atoms with Crippen molar-refractivity contribution in [3.05, 3.63) is 30.0 Å². The highest BCUT2D eigenvalue weighted by molar-refractivity contribution is 5.87. The fourth-order valence-corrected chi connectivity index (χ4v) is 1.44. The number of phenols is 1. The van der Waals surface area contributed by atoms with E-state index in [0.29, 0.717) is 5.75 Å². The van der Waals surface area contributed by atoms with Crippen LogP contribution in [0.5, 0.6) is 5.75 Å². The van der Waals surface area contributed by atoms with Crippen LogP contribution in [0.3, 0.4) is 0 Å². The molecule has 0 aliphatic heterocycles. The number of hydrogen-bond acceptors (Lipinski definition) is 1. The molecule has 2 heteroatoms. The lowest BCUT2D eigenvalue weighted by molar-refractivity contribution is 0.477. The van der Waals surface area contributed by atoms with Crippen molar-refractivity contribution in [2.24, 2.45) is 7.05 Å². The largest absolute Gasteiger partial charge is 0.507 e. The zero-order valence-electron chi connectivity index (χ0n) is 7.20. The van der Waals surface area contributed by atoms with Crippen LogP contribution >= 0.6 is 0 Å². The fourth-order valence-electron chi connectivity index (χ4n) is 1.44. The van der Waals surface area contributed by atoms with Crippen LogP contribution in [0.15, 0.2) is 24.4 Å². The molecule has 2 aromatic rings. The highest BCUT2D eigenvalue weighted by atomic mass is 16.3. The SMILES string of the molecule is Cc1ccc2c(ccn2C)c1O. The number of aromatic nitrogens is 1. The number of hydrogen-bond donors (Lipinski definition) is 1. The Morgan fingerprint density at radius 1 is 1.25 bits per heavy atom. The Kier molecular flexibility index (Phi) is 1.37. The van der Waals surface area contributed by atoms with Gasteiger partial charge in [0.25, 0.3) is 0 Å². The standard InChI is InChI=1S/C10H11NO/c1-7-3-4-9-8(10(7)12)5-6-11(9)2/h3-6,12H,1-2H3. The van der Waals surface area contributed by atoms with E-state index in [2.05, 4.69) is 0 Å². The topological polar surface area (TPSA) is 25.2 Å². The molecule has 0 atom stereocenters. The summed E-state index contributed by atoms with van der Waals surface area (Å²) in [4.78, 5) is 0. The van der Waals surface area contributed by atoms with Crippen LogP contribution in [-0.2, 0) is 7.05 Å². The monoisotopic (exact) mass is 161 g/mol. The molecule has 2 nitrogen and oxygen atoms in total. The first kappa shape index (κ1) is 7.22. The van der Waals surface area contributed by atoms with Gasteiger partial charge in [0.1, 0.15) is 5.75 Å². The molecule has 1 N–H and O–H groups in total. The average Bonchev–Trinajstić information content (AvgIpc) is 2.41. The predicted octanol–water partition coefficient (Wildman–Crippen LogP) is 2.19. The van der Waals surface area contributed by atoms with Gasteiger partial charge >= 0.3 is 0 Å². The van der Waals surface area contributed by atoms with Gasteiger partial charge in [-0.25, -0.2) is 0 Å². The second kappa shape index (κ2) is 2.27. The number of aryl methyl sites for hydroxylation is 2. The van der Waals surface area contributed by atoms with Gasteiger partial charge in [0.2, 0.25) is 0 Å². The zero-order valence-corrected chi connectivity index (χ0v) is 7.20. The summed E-state index contributed by atoms with van der Waals surface area (Å²) in [6, 6.07) is 5.87. The lowest BCUT2D eigenvalue weighted by atomic mass is 10.1. The van der Waals surface area contributed by atoms with E-state index in [4.69, 9.17) is 0 Å². The molecule has 0 fully saturated rings. The van der Waals surface area contributed by atoms with Crippen molar-refractivity contribution in [1.29, 1.82) is 0 Å². The molecular weight excluding hydrogens is 150 g/mol. The van der Waals surface area contributed by atoms with Crippen molar-refractivity contribution in [2.45, 2.75) is 6.92 Å². The van der Waals surface area contributed by atoms with E-state index >= 15 is 0 Å². The lowest BCUT2D eigenvalue weighted by Crippen LogP contribution is -1.83. The summed E-state index contributed by atoms with van der Waals surface area (Å²) in [6.07, 6.45) is 1.95. The minimum atomic E-state index is 0.396. The van der Waals surface area contributed by atoms with E-state index in [1.807, 2.05) is 42.9 Å². The minimum Gasteiger partial charge on any atom is -0.507 e. The van der Waals surface area contributed by atoms with Crippen LogP contribution in [0.1, 0.15) is 5.56 Å². The van der Waals surface area contributed by atoms with Crippen molar-refractivity contribution < 1.29 is 5.11 Å². The van der Waals surface area contributed by atoms with Crippen molar-refractivity contribution in [3.8, 4) is 5.75 Å². The van der Waals surface area contributed by atoms with Gasteiger partial charge in [-0.15, -0.1) is 0 Å². The molecule has 0 unspecified atom stereocenters. The molecule has 1 heterocycles. The number of fused-ring (bicyclic) bond motifs is 1. The summed E-state index contributed by atoms with van der Waals surface area (Å²) in [5, 5.41) is 10.6. The molecule has 0 saturated heterocycles. The molecule has 0 saturated carbocycles. The number of aromatic hydroxyl groups is 1. The summed E-state index contributed by atoms with van der Waals surface area (Å²) < 4.78 is 1.99. The smallest absolute Gasteiger partial charge is 0.127 e. The highest BCUT2D eigenvalue weighted by Crippen LogP contribution is 2.28. The van der Waals surface area contributed by atoms with Gasteiger partial charge in [-0.3, -0.25) is 0 Å². The second-order valence-corrected chi connectivity index (χ2v) is 3.09. The Labute approximate surface area is 71.1 Å². The number of benzene rings is 1. The van der Waals surface area contributed by atoms with E-state index < -0.39 is 0 Å². The molecule has 0 aliphatic rings. The van der Waals surface area contributed by atoms with Gasteiger partial charge in [0, 0.05) is 18.6 Å². The Morgan fingerprint density at radius 2 is 2.00 bits per heavy atom. The molecule has 0 bridgehead atoms. The summed E-state index contributed by atoms with van der Waals surface area (Å²) in [5.41, 5.74) is 1.99. The van der Waals surface area contributed by atoms with Crippen molar-refractivity contribution in [1.82, 2.24) is 4.57 Å². The number of phenolic OH excluding ortho intramolecular Hbond substituents is 1. The Morgan fingerprint density at radius 3 is 2.75 bits per heavy atom. The first-order valence-electron chi connectivity index (χ1n) is 3.94. The quantitative estimate of drug-likeness (QED) is 0.629. The molecule has 0 spiro atoms. The van der Waals surface area contributed by atoms with E-state index in [1.165, 1.54) is 0 Å². The molecule has 0 amide bonds. The molecule has 2 rings (SSSR count). The van der Waals surface area contributed by atoms with Gasteiger partial charge in [0.05, 0.1) is 5.52 Å². The van der Waals surface area contributed by atoms with E-state index in [1.54, 1.807) is 0 Å². The van der Waals surface area contributed by atoms with Crippen LogP contribution in [0.2, 0.25) is 0 Å². The lowest BCUT2D eigenvalue weighted by Gasteiger charge is -2.00. The molecule has 1 aromatic carbocycles. The van der Waals surface area contributed by atoms with E-state index in [-0.39, 0.29) is 0 Å². The third kappa shape index (κ3) is 0.811. The van der Waals surface area contributed by atoms with Gasteiger partial charge in [-0.05, 0) is 24.6 Å². The second-order valence-electron chi connectivity index (χ2n) is 3.09. The van der Waals surface area contributed by atoms with E-state index in [0.717, 1.165) is 16.5 Å². The Bertz CT molecular complexity index is 429. The van der Waals surface area contributed by atoms with Crippen molar-refractivity contribution >= 4 is 10.9 Å². The van der Waals surface area contributed by atoms with E-state index in [9.17, 15) is 5.11 Å². The third-order valence-electron chi connectivity index (χ3n) is 2.24. The van der Waals surface area contributed by atoms with Crippen LogP contribution in [0.4, 0.5) is 0 Å². The number of rotatable bonds is 0. The maximum Gasteiger partial charge on any atom is 0.127 e. The van der Waals surface area contributed by atoms with Crippen LogP contribution in [0.25, 0.3) is 10.9 Å². The van der Waals surface area contributed by atoms with Crippen LogP contribution in [0, 0.1) is 6.92 Å². The average molecular weight is 161 g/mol. The first-order chi connectivity index (χ1) is 5.70. The predicted molar refractivity (Wildman–Crippen MR) is 49.3 cm³/mol. The molecule has 12 heavy (non-hydrogen) atoms. The van der Waals surface area contributed by atoms with Crippen LogP contribution < -0.4 is 0 Å². The minimum absolute atomic E-state index is 0.396. The normalized spacial score (nSPS) is 10.8. The maximum atomic E-state index is 9.66. The fraction of sp³-hybridized carbons (Fsp3) is 0.200. The molecule has 1 aromatic heterocycles. The summed E-state index contributed by atoms with van der Waals surface area (Å²) in [6.45, 7) is 1.90.